The van der Waals surface area contributed by atoms with Crippen LogP contribution in [0.25, 0.3) is 0 Å². The normalized spacial score (nSPS) is 15.2. The molecule has 94 valence electrons. The van der Waals surface area contributed by atoms with Gasteiger partial charge in [-0.15, -0.1) is 0 Å². The summed E-state index contributed by atoms with van der Waals surface area (Å²) >= 11 is 9.49. The molecule has 2 rings (SSSR count). The molecule has 0 spiro atoms. The van der Waals surface area contributed by atoms with Crippen molar-refractivity contribution >= 4 is 27.5 Å². The van der Waals surface area contributed by atoms with Gasteiger partial charge in [-0.25, -0.2) is 0 Å². The quantitative estimate of drug-likeness (QED) is 0.754. The summed E-state index contributed by atoms with van der Waals surface area (Å²) < 4.78 is 1.12. The topological polar surface area (TPSA) is 24.1 Å². The van der Waals surface area contributed by atoms with Crippen LogP contribution in [0.4, 0.5) is 0 Å². The first-order chi connectivity index (χ1) is 8.25. The highest BCUT2D eigenvalue weighted by atomic mass is 79.9. The van der Waals surface area contributed by atoms with Crippen LogP contribution >= 0.6 is 27.5 Å². The third-order valence-corrected chi connectivity index (χ3v) is 3.87. The Balaban J connectivity index is 1.61. The van der Waals surface area contributed by atoms with Crippen molar-refractivity contribution in [2.75, 3.05) is 13.1 Å². The molecule has 1 aliphatic rings. The number of nitrogens with one attached hydrogen (secondary N) is 2. The molecule has 1 saturated carbocycles. The van der Waals surface area contributed by atoms with Gasteiger partial charge in [0.15, 0.2) is 0 Å². The Labute approximate surface area is 116 Å². The standard InChI is InChI=1S/C13H18BrClN2/c14-13-5-2-11(15)8-10(13)9-16-6-1-7-17-12-3-4-12/h2,5,8,12,16-17H,1,3-4,6-7,9H2. The average Bonchev–Trinajstić information content (AvgIpc) is 3.11. The highest BCUT2D eigenvalue weighted by molar-refractivity contribution is 9.10. The summed E-state index contributed by atoms with van der Waals surface area (Å²) in [5, 5.41) is 7.73. The van der Waals surface area contributed by atoms with E-state index in [-0.39, 0.29) is 0 Å². The van der Waals surface area contributed by atoms with Crippen molar-refractivity contribution < 1.29 is 0 Å². The largest absolute Gasteiger partial charge is 0.314 e. The van der Waals surface area contributed by atoms with Crippen LogP contribution in [0, 0.1) is 0 Å². The predicted molar refractivity (Wildman–Crippen MR) is 76.5 cm³/mol. The van der Waals surface area contributed by atoms with Crippen LogP contribution in [0.15, 0.2) is 22.7 Å². The van der Waals surface area contributed by atoms with Gasteiger partial charge < -0.3 is 10.6 Å². The maximum absolute atomic E-state index is 5.96. The van der Waals surface area contributed by atoms with E-state index in [1.807, 2.05) is 18.2 Å². The first-order valence-electron chi connectivity index (χ1n) is 6.14. The average molecular weight is 318 g/mol. The molecule has 0 atom stereocenters. The van der Waals surface area contributed by atoms with Crippen molar-refractivity contribution in [3.05, 3.63) is 33.3 Å². The third kappa shape index (κ3) is 4.96. The van der Waals surface area contributed by atoms with Gasteiger partial charge in [0.2, 0.25) is 0 Å². The second kappa shape index (κ2) is 6.74. The van der Waals surface area contributed by atoms with Crippen LogP contribution in [0.3, 0.4) is 0 Å². The minimum Gasteiger partial charge on any atom is -0.314 e. The van der Waals surface area contributed by atoms with Gasteiger partial charge in [0.05, 0.1) is 0 Å². The zero-order valence-corrected chi connectivity index (χ0v) is 12.1. The number of hydrogen-bond acceptors (Lipinski definition) is 2. The van der Waals surface area contributed by atoms with Crippen molar-refractivity contribution in [1.82, 2.24) is 10.6 Å². The smallest absolute Gasteiger partial charge is 0.0410 e. The first kappa shape index (κ1) is 13.3. The van der Waals surface area contributed by atoms with Gasteiger partial charge in [0.25, 0.3) is 0 Å². The van der Waals surface area contributed by atoms with Crippen LogP contribution in [0.5, 0.6) is 0 Å². The van der Waals surface area contributed by atoms with Gasteiger partial charge in [0.1, 0.15) is 0 Å². The molecule has 0 bridgehead atoms. The Morgan fingerprint density at radius 2 is 2.12 bits per heavy atom. The van der Waals surface area contributed by atoms with Crippen LogP contribution in [0.2, 0.25) is 5.02 Å². The maximum Gasteiger partial charge on any atom is 0.0410 e. The van der Waals surface area contributed by atoms with Crippen LogP contribution in [-0.2, 0) is 6.54 Å². The fraction of sp³-hybridized carbons (Fsp3) is 0.538. The van der Waals surface area contributed by atoms with E-state index in [2.05, 4.69) is 26.6 Å². The second-order valence-electron chi connectivity index (χ2n) is 4.49. The van der Waals surface area contributed by atoms with Crippen molar-refractivity contribution in [3.63, 3.8) is 0 Å². The summed E-state index contributed by atoms with van der Waals surface area (Å²) in [7, 11) is 0. The van der Waals surface area contributed by atoms with Gasteiger partial charge in [-0.2, -0.15) is 0 Å². The van der Waals surface area contributed by atoms with Crippen LogP contribution < -0.4 is 10.6 Å². The van der Waals surface area contributed by atoms with Crippen LogP contribution in [-0.4, -0.2) is 19.1 Å². The molecule has 0 radical (unpaired) electrons. The molecule has 1 fully saturated rings. The van der Waals surface area contributed by atoms with Crippen molar-refractivity contribution in [3.8, 4) is 0 Å². The molecule has 0 unspecified atom stereocenters. The molecule has 17 heavy (non-hydrogen) atoms. The summed E-state index contributed by atoms with van der Waals surface area (Å²) in [5.41, 5.74) is 1.22. The van der Waals surface area contributed by atoms with Crippen molar-refractivity contribution in [2.24, 2.45) is 0 Å². The number of halogens is 2. The zero-order valence-electron chi connectivity index (χ0n) is 9.81. The highest BCUT2D eigenvalue weighted by Crippen LogP contribution is 2.21. The summed E-state index contributed by atoms with van der Waals surface area (Å²) in [5.74, 6) is 0. The Kier molecular flexibility index (Phi) is 5.29. The van der Waals surface area contributed by atoms with Gasteiger partial charge in [-0.3, -0.25) is 0 Å². The Hall–Kier alpha value is -0.0900. The minimum absolute atomic E-state index is 0.792. The van der Waals surface area contributed by atoms with E-state index < -0.39 is 0 Å². The lowest BCUT2D eigenvalue weighted by Gasteiger charge is -2.08. The fourth-order valence-electron chi connectivity index (χ4n) is 1.71. The lowest BCUT2D eigenvalue weighted by molar-refractivity contribution is 0.593. The Bertz CT molecular complexity index is 366. The molecule has 4 heteroatoms. The molecule has 0 heterocycles. The Morgan fingerprint density at radius 3 is 2.88 bits per heavy atom. The molecular weight excluding hydrogens is 300 g/mol. The van der Waals surface area contributed by atoms with Crippen LogP contribution in [0.1, 0.15) is 24.8 Å². The number of rotatable bonds is 7. The van der Waals surface area contributed by atoms with E-state index in [4.69, 9.17) is 11.6 Å². The summed E-state index contributed by atoms with van der Waals surface area (Å²) in [6.07, 6.45) is 3.90. The fourth-order valence-corrected chi connectivity index (χ4v) is 2.29. The van der Waals surface area contributed by atoms with Gasteiger partial charge in [-0.1, -0.05) is 27.5 Å². The SMILES string of the molecule is Clc1ccc(Br)c(CNCCCNC2CC2)c1. The number of hydrogen-bond donors (Lipinski definition) is 2. The van der Waals surface area contributed by atoms with E-state index in [9.17, 15) is 0 Å². The van der Waals surface area contributed by atoms with E-state index >= 15 is 0 Å². The highest BCUT2D eigenvalue weighted by Gasteiger charge is 2.19. The zero-order chi connectivity index (χ0) is 12.1. The van der Waals surface area contributed by atoms with Crippen molar-refractivity contribution in [2.45, 2.75) is 31.8 Å². The van der Waals surface area contributed by atoms with E-state index in [1.165, 1.54) is 24.8 Å². The monoisotopic (exact) mass is 316 g/mol. The molecule has 2 nitrogen and oxygen atoms in total. The summed E-state index contributed by atoms with van der Waals surface area (Å²) in [6.45, 7) is 3.03. The van der Waals surface area contributed by atoms with E-state index in [1.54, 1.807) is 0 Å². The van der Waals surface area contributed by atoms with Gasteiger partial charge in [-0.05, 0) is 56.1 Å². The lowest BCUT2D eigenvalue weighted by Crippen LogP contribution is -2.23. The van der Waals surface area contributed by atoms with Gasteiger partial charge in [0, 0.05) is 22.1 Å². The van der Waals surface area contributed by atoms with Gasteiger partial charge >= 0.3 is 0 Å². The molecule has 1 aliphatic carbocycles. The maximum atomic E-state index is 5.96. The molecule has 0 aliphatic heterocycles. The number of benzene rings is 1. The molecule has 0 saturated heterocycles. The molecule has 1 aromatic carbocycles. The lowest BCUT2D eigenvalue weighted by atomic mass is 10.2. The molecule has 2 N–H and O–H groups in total. The van der Waals surface area contributed by atoms with E-state index in [0.29, 0.717) is 0 Å². The Morgan fingerprint density at radius 1 is 1.29 bits per heavy atom. The second-order valence-corrected chi connectivity index (χ2v) is 5.79. The summed E-state index contributed by atoms with van der Waals surface area (Å²) in [4.78, 5) is 0. The minimum atomic E-state index is 0.792. The third-order valence-electron chi connectivity index (χ3n) is 2.86. The van der Waals surface area contributed by atoms with E-state index in [0.717, 1.165) is 35.2 Å². The molecule has 1 aromatic rings. The predicted octanol–water partition coefficient (Wildman–Crippen LogP) is 3.33. The molecule has 0 aromatic heterocycles. The molecule has 0 amide bonds. The molecular formula is C13H18BrClN2. The van der Waals surface area contributed by atoms with Crippen molar-refractivity contribution in [1.29, 1.82) is 0 Å². The summed E-state index contributed by atoms with van der Waals surface area (Å²) in [6, 6.07) is 6.71. The first-order valence-corrected chi connectivity index (χ1v) is 7.31.